The van der Waals surface area contributed by atoms with E-state index in [9.17, 15) is 0 Å². The van der Waals surface area contributed by atoms with Crippen LogP contribution in [0.4, 0.5) is 0 Å². The van der Waals surface area contributed by atoms with E-state index >= 15 is 0 Å². The number of aryl methyl sites for hydroxylation is 1. The quantitative estimate of drug-likeness (QED) is 0.726. The number of hydrogen-bond acceptors (Lipinski definition) is 3. The molecule has 66 valence electrons. The molecule has 0 saturated carbocycles. The lowest BCUT2D eigenvalue weighted by atomic mass is 10.2. The average molecular weight is 182 g/mol. The van der Waals surface area contributed by atoms with Gasteiger partial charge in [0.15, 0.2) is 0 Å². The predicted molar refractivity (Wildman–Crippen MR) is 53.3 cm³/mol. The summed E-state index contributed by atoms with van der Waals surface area (Å²) in [4.78, 5) is 4.28. The molecular weight excluding hydrogens is 168 g/mol. The second kappa shape index (κ2) is 4.48. The zero-order valence-corrected chi connectivity index (χ0v) is 8.32. The molecule has 3 heteroatoms. The molecule has 0 bridgehead atoms. The van der Waals surface area contributed by atoms with Gasteiger partial charge in [-0.1, -0.05) is 6.92 Å². The number of pyridine rings is 1. The van der Waals surface area contributed by atoms with E-state index in [4.69, 9.17) is 5.73 Å². The zero-order chi connectivity index (χ0) is 8.97. The van der Waals surface area contributed by atoms with Gasteiger partial charge in [-0.05, 0) is 24.3 Å². The minimum atomic E-state index is 0.585. The van der Waals surface area contributed by atoms with Crippen LogP contribution < -0.4 is 5.73 Å². The molecule has 0 spiro atoms. The molecular formula is C9H14N2S. The maximum Gasteiger partial charge on any atom is 0.101 e. The van der Waals surface area contributed by atoms with E-state index in [1.165, 1.54) is 11.1 Å². The Morgan fingerprint density at radius 2 is 2.33 bits per heavy atom. The molecule has 0 aromatic carbocycles. The molecule has 0 atom stereocenters. The third-order valence-electron chi connectivity index (χ3n) is 1.74. The largest absolute Gasteiger partial charge is 0.326 e. The standard InChI is InChI=1S/C9H14N2S/c1-3-12-9-8(6-10)7(2)4-5-11-9/h4-5H,3,6,10H2,1-2H3. The minimum absolute atomic E-state index is 0.585. The van der Waals surface area contributed by atoms with Gasteiger partial charge in [0.25, 0.3) is 0 Å². The Morgan fingerprint density at radius 3 is 2.92 bits per heavy atom. The Labute approximate surface area is 77.6 Å². The third kappa shape index (κ3) is 1.99. The van der Waals surface area contributed by atoms with Crippen molar-refractivity contribution in [2.45, 2.75) is 25.4 Å². The summed E-state index contributed by atoms with van der Waals surface area (Å²) < 4.78 is 0. The van der Waals surface area contributed by atoms with Crippen LogP contribution in [0.15, 0.2) is 17.3 Å². The molecule has 0 aliphatic rings. The SMILES string of the molecule is CCSc1nccc(C)c1CN. The van der Waals surface area contributed by atoms with Crippen LogP contribution in [0.5, 0.6) is 0 Å². The summed E-state index contributed by atoms with van der Waals surface area (Å²) >= 11 is 1.75. The van der Waals surface area contributed by atoms with E-state index in [1.54, 1.807) is 11.8 Å². The number of hydrogen-bond donors (Lipinski definition) is 1. The highest BCUT2D eigenvalue weighted by atomic mass is 32.2. The smallest absolute Gasteiger partial charge is 0.101 e. The van der Waals surface area contributed by atoms with Crippen molar-refractivity contribution in [3.05, 3.63) is 23.4 Å². The molecule has 0 fully saturated rings. The van der Waals surface area contributed by atoms with Crippen LogP contribution in [0.25, 0.3) is 0 Å². The van der Waals surface area contributed by atoms with Gasteiger partial charge in [-0.3, -0.25) is 0 Å². The molecule has 0 unspecified atom stereocenters. The molecule has 0 radical (unpaired) electrons. The van der Waals surface area contributed by atoms with E-state index in [2.05, 4.69) is 18.8 Å². The Hall–Kier alpha value is -0.540. The second-order valence-electron chi connectivity index (χ2n) is 2.55. The van der Waals surface area contributed by atoms with Crippen LogP contribution in [-0.4, -0.2) is 10.7 Å². The van der Waals surface area contributed by atoms with Crippen molar-refractivity contribution in [1.29, 1.82) is 0 Å². The van der Waals surface area contributed by atoms with Gasteiger partial charge in [0.05, 0.1) is 0 Å². The summed E-state index contributed by atoms with van der Waals surface area (Å²) in [5.41, 5.74) is 8.05. The van der Waals surface area contributed by atoms with Gasteiger partial charge in [0, 0.05) is 18.3 Å². The van der Waals surface area contributed by atoms with Crippen molar-refractivity contribution in [2.24, 2.45) is 5.73 Å². The summed E-state index contributed by atoms with van der Waals surface area (Å²) in [7, 11) is 0. The normalized spacial score (nSPS) is 10.2. The van der Waals surface area contributed by atoms with E-state index in [1.807, 2.05) is 12.3 Å². The van der Waals surface area contributed by atoms with Crippen LogP contribution in [-0.2, 0) is 6.54 Å². The van der Waals surface area contributed by atoms with Gasteiger partial charge in [-0.2, -0.15) is 0 Å². The number of aromatic nitrogens is 1. The molecule has 0 aliphatic heterocycles. The second-order valence-corrected chi connectivity index (χ2v) is 3.80. The fourth-order valence-corrected chi connectivity index (χ4v) is 1.90. The van der Waals surface area contributed by atoms with Gasteiger partial charge < -0.3 is 5.73 Å². The van der Waals surface area contributed by atoms with Crippen LogP contribution >= 0.6 is 11.8 Å². The molecule has 0 saturated heterocycles. The number of nitrogens with two attached hydrogens (primary N) is 1. The summed E-state index contributed by atoms with van der Waals surface area (Å²) in [6.45, 7) is 4.78. The highest BCUT2D eigenvalue weighted by molar-refractivity contribution is 7.99. The first-order valence-corrected chi connectivity index (χ1v) is 5.05. The van der Waals surface area contributed by atoms with Gasteiger partial charge in [0.2, 0.25) is 0 Å². The fourth-order valence-electron chi connectivity index (χ4n) is 1.07. The summed E-state index contributed by atoms with van der Waals surface area (Å²) in [6.07, 6.45) is 1.84. The van der Waals surface area contributed by atoms with E-state index in [0.29, 0.717) is 6.54 Å². The van der Waals surface area contributed by atoms with Crippen LogP contribution in [0.3, 0.4) is 0 Å². The molecule has 2 nitrogen and oxygen atoms in total. The van der Waals surface area contributed by atoms with Crippen molar-refractivity contribution in [1.82, 2.24) is 4.98 Å². The zero-order valence-electron chi connectivity index (χ0n) is 7.50. The Bertz CT molecular complexity index is 261. The minimum Gasteiger partial charge on any atom is -0.326 e. The number of rotatable bonds is 3. The predicted octanol–water partition coefficient (Wildman–Crippen LogP) is 1.96. The van der Waals surface area contributed by atoms with Gasteiger partial charge in [-0.15, -0.1) is 11.8 Å². The first-order chi connectivity index (χ1) is 5.79. The first-order valence-electron chi connectivity index (χ1n) is 4.07. The average Bonchev–Trinajstić information content (AvgIpc) is 2.05. The summed E-state index contributed by atoms with van der Waals surface area (Å²) in [6, 6.07) is 2.00. The summed E-state index contributed by atoms with van der Waals surface area (Å²) in [5, 5.41) is 1.08. The number of thioether (sulfide) groups is 1. The molecule has 0 amide bonds. The van der Waals surface area contributed by atoms with Crippen LogP contribution in [0.1, 0.15) is 18.1 Å². The monoisotopic (exact) mass is 182 g/mol. The topological polar surface area (TPSA) is 38.9 Å². The Kier molecular flexibility index (Phi) is 3.56. The molecule has 2 N–H and O–H groups in total. The van der Waals surface area contributed by atoms with Crippen molar-refractivity contribution < 1.29 is 0 Å². The first kappa shape index (κ1) is 9.55. The highest BCUT2D eigenvalue weighted by Gasteiger charge is 2.03. The van der Waals surface area contributed by atoms with E-state index < -0.39 is 0 Å². The van der Waals surface area contributed by atoms with E-state index in [0.717, 1.165) is 10.8 Å². The van der Waals surface area contributed by atoms with Crippen molar-refractivity contribution >= 4 is 11.8 Å². The van der Waals surface area contributed by atoms with Gasteiger partial charge in [0.1, 0.15) is 5.03 Å². The maximum absolute atomic E-state index is 5.63. The van der Waals surface area contributed by atoms with Gasteiger partial charge in [-0.25, -0.2) is 4.98 Å². The molecule has 1 aromatic heterocycles. The van der Waals surface area contributed by atoms with Crippen molar-refractivity contribution in [3.63, 3.8) is 0 Å². The highest BCUT2D eigenvalue weighted by Crippen LogP contribution is 2.21. The van der Waals surface area contributed by atoms with Crippen molar-refractivity contribution in [3.8, 4) is 0 Å². The molecule has 0 aliphatic carbocycles. The van der Waals surface area contributed by atoms with Gasteiger partial charge >= 0.3 is 0 Å². The Morgan fingerprint density at radius 1 is 1.58 bits per heavy atom. The fraction of sp³-hybridized carbons (Fsp3) is 0.444. The van der Waals surface area contributed by atoms with Crippen LogP contribution in [0.2, 0.25) is 0 Å². The lowest BCUT2D eigenvalue weighted by Crippen LogP contribution is -2.02. The lowest BCUT2D eigenvalue weighted by Gasteiger charge is -2.07. The molecule has 1 heterocycles. The Balaban J connectivity index is 3.00. The summed E-state index contributed by atoms with van der Waals surface area (Å²) in [5.74, 6) is 1.05. The third-order valence-corrected chi connectivity index (χ3v) is 2.65. The number of nitrogens with zero attached hydrogens (tertiary/aromatic N) is 1. The van der Waals surface area contributed by atoms with Crippen LogP contribution in [0, 0.1) is 6.92 Å². The van der Waals surface area contributed by atoms with E-state index in [-0.39, 0.29) is 0 Å². The van der Waals surface area contributed by atoms with Crippen molar-refractivity contribution in [2.75, 3.05) is 5.75 Å². The molecule has 1 rings (SSSR count). The maximum atomic E-state index is 5.63. The molecule has 1 aromatic rings. The lowest BCUT2D eigenvalue weighted by molar-refractivity contribution is 0.943. The molecule has 12 heavy (non-hydrogen) atoms.